The predicted molar refractivity (Wildman–Crippen MR) is 70.6 cm³/mol. The second-order valence-corrected chi connectivity index (χ2v) is 5.31. The van der Waals surface area contributed by atoms with Crippen LogP contribution in [0.25, 0.3) is 0 Å². The van der Waals surface area contributed by atoms with E-state index in [1.807, 2.05) is 13.8 Å². The molecule has 2 rings (SSSR count). The number of hydrogen-bond donors (Lipinski definition) is 2. The van der Waals surface area contributed by atoms with E-state index in [4.69, 9.17) is 0 Å². The Morgan fingerprint density at radius 1 is 1.37 bits per heavy atom. The van der Waals surface area contributed by atoms with Crippen LogP contribution in [0.4, 0.5) is 5.69 Å². The van der Waals surface area contributed by atoms with Gasteiger partial charge in [-0.2, -0.15) is 0 Å². The van der Waals surface area contributed by atoms with Gasteiger partial charge in [0, 0.05) is 18.1 Å². The zero-order valence-electron chi connectivity index (χ0n) is 11.1. The van der Waals surface area contributed by atoms with Gasteiger partial charge in [-0.1, -0.05) is 6.92 Å². The molecule has 1 heterocycles. The Hall–Kier alpha value is -1.91. The fourth-order valence-electron chi connectivity index (χ4n) is 2.69. The van der Waals surface area contributed by atoms with Crippen LogP contribution < -0.4 is 5.32 Å². The number of anilines is 1. The molecule has 19 heavy (non-hydrogen) atoms. The van der Waals surface area contributed by atoms with Crippen LogP contribution in [-0.2, 0) is 9.59 Å². The highest BCUT2D eigenvalue weighted by Gasteiger charge is 2.41. The molecule has 3 atom stereocenters. The van der Waals surface area contributed by atoms with Crippen molar-refractivity contribution < 1.29 is 14.7 Å². The van der Waals surface area contributed by atoms with Gasteiger partial charge in [0.15, 0.2) is 0 Å². The molecule has 5 nitrogen and oxygen atoms in total. The molecule has 0 aliphatic heterocycles. The lowest BCUT2D eigenvalue weighted by Crippen LogP contribution is -2.30. The molecule has 1 amide bonds. The third-order valence-electron chi connectivity index (χ3n) is 3.73. The molecule has 2 N–H and O–H groups in total. The van der Waals surface area contributed by atoms with E-state index in [0.29, 0.717) is 18.5 Å². The maximum Gasteiger partial charge on any atom is 0.307 e. The highest BCUT2D eigenvalue weighted by atomic mass is 16.4. The fourth-order valence-corrected chi connectivity index (χ4v) is 2.69. The zero-order chi connectivity index (χ0) is 14.0. The third kappa shape index (κ3) is 2.92. The summed E-state index contributed by atoms with van der Waals surface area (Å²) in [6.45, 7) is 3.84. The van der Waals surface area contributed by atoms with Crippen molar-refractivity contribution in [2.45, 2.75) is 26.7 Å². The Morgan fingerprint density at radius 2 is 2.05 bits per heavy atom. The van der Waals surface area contributed by atoms with E-state index in [1.54, 1.807) is 18.5 Å². The van der Waals surface area contributed by atoms with E-state index in [-0.39, 0.29) is 11.8 Å². The Labute approximate surface area is 112 Å². The quantitative estimate of drug-likeness (QED) is 0.874. The molecule has 1 aliphatic carbocycles. The molecule has 0 bridgehead atoms. The molecule has 0 saturated heterocycles. The largest absolute Gasteiger partial charge is 0.481 e. The van der Waals surface area contributed by atoms with Crippen molar-refractivity contribution in [1.82, 2.24) is 4.98 Å². The summed E-state index contributed by atoms with van der Waals surface area (Å²) in [5, 5.41) is 12.0. The molecule has 1 fully saturated rings. The molecule has 102 valence electrons. The van der Waals surface area contributed by atoms with Crippen LogP contribution in [0.1, 0.15) is 25.3 Å². The monoisotopic (exact) mass is 262 g/mol. The standard InChI is InChI=1S/C14H18N2O3/c1-8-5-10(11(6-8)14(18)19)13(17)16-12-3-4-15-7-9(12)2/h3-4,7-8,10-11H,5-6H2,1-2H3,(H,18,19)(H,15,16,17). The van der Waals surface area contributed by atoms with Crippen molar-refractivity contribution >= 4 is 17.6 Å². The minimum atomic E-state index is -0.879. The average molecular weight is 262 g/mol. The summed E-state index contributed by atoms with van der Waals surface area (Å²) in [6.07, 6.45) is 4.48. The minimum absolute atomic E-state index is 0.203. The van der Waals surface area contributed by atoms with Crippen molar-refractivity contribution in [3.63, 3.8) is 0 Å². The van der Waals surface area contributed by atoms with Crippen molar-refractivity contribution in [3.8, 4) is 0 Å². The van der Waals surface area contributed by atoms with Gasteiger partial charge in [0.05, 0.1) is 11.8 Å². The van der Waals surface area contributed by atoms with E-state index in [2.05, 4.69) is 10.3 Å². The fraction of sp³-hybridized carbons (Fsp3) is 0.500. The molecule has 5 heteroatoms. The number of carbonyl (C=O) groups excluding carboxylic acids is 1. The molecular formula is C14H18N2O3. The molecule has 1 aromatic rings. The summed E-state index contributed by atoms with van der Waals surface area (Å²) in [6, 6.07) is 1.72. The highest BCUT2D eigenvalue weighted by Crippen LogP contribution is 2.37. The van der Waals surface area contributed by atoms with E-state index >= 15 is 0 Å². The lowest BCUT2D eigenvalue weighted by atomic mass is 9.95. The van der Waals surface area contributed by atoms with Crippen LogP contribution in [0, 0.1) is 24.7 Å². The van der Waals surface area contributed by atoms with Gasteiger partial charge in [0.1, 0.15) is 0 Å². The number of nitrogens with zero attached hydrogens (tertiary/aromatic N) is 1. The maximum absolute atomic E-state index is 12.2. The van der Waals surface area contributed by atoms with Gasteiger partial charge in [-0.25, -0.2) is 0 Å². The lowest BCUT2D eigenvalue weighted by molar-refractivity contribution is -0.145. The molecule has 1 aliphatic rings. The van der Waals surface area contributed by atoms with Gasteiger partial charge in [-0.15, -0.1) is 0 Å². The first-order valence-corrected chi connectivity index (χ1v) is 6.43. The van der Waals surface area contributed by atoms with Crippen molar-refractivity contribution in [1.29, 1.82) is 0 Å². The summed E-state index contributed by atoms with van der Waals surface area (Å²) in [7, 11) is 0. The van der Waals surface area contributed by atoms with E-state index in [1.165, 1.54) is 0 Å². The Balaban J connectivity index is 2.11. The number of hydrogen-bond acceptors (Lipinski definition) is 3. The summed E-state index contributed by atoms with van der Waals surface area (Å²) in [5.74, 6) is -1.82. The number of aliphatic carboxylic acids is 1. The number of aryl methyl sites for hydroxylation is 1. The molecule has 0 aromatic carbocycles. The van der Waals surface area contributed by atoms with Gasteiger partial charge < -0.3 is 10.4 Å². The number of carbonyl (C=O) groups is 2. The van der Waals surface area contributed by atoms with Gasteiger partial charge in [-0.05, 0) is 37.3 Å². The van der Waals surface area contributed by atoms with Gasteiger partial charge in [-0.3, -0.25) is 14.6 Å². The average Bonchev–Trinajstić information content (AvgIpc) is 2.74. The summed E-state index contributed by atoms with van der Waals surface area (Å²) >= 11 is 0. The van der Waals surface area contributed by atoms with Crippen molar-refractivity contribution in [2.24, 2.45) is 17.8 Å². The van der Waals surface area contributed by atoms with E-state index in [9.17, 15) is 14.7 Å². The van der Waals surface area contributed by atoms with Crippen molar-refractivity contribution in [2.75, 3.05) is 5.32 Å². The van der Waals surface area contributed by atoms with Gasteiger partial charge >= 0.3 is 5.97 Å². The Bertz CT molecular complexity index is 501. The van der Waals surface area contributed by atoms with Crippen LogP contribution in [0.15, 0.2) is 18.5 Å². The normalized spacial score (nSPS) is 26.1. The second kappa shape index (κ2) is 5.38. The van der Waals surface area contributed by atoms with Crippen LogP contribution >= 0.6 is 0 Å². The topological polar surface area (TPSA) is 79.3 Å². The van der Waals surface area contributed by atoms with Crippen LogP contribution in [0.5, 0.6) is 0 Å². The van der Waals surface area contributed by atoms with E-state index < -0.39 is 17.8 Å². The highest BCUT2D eigenvalue weighted by molar-refractivity contribution is 5.95. The summed E-state index contributed by atoms with van der Waals surface area (Å²) in [5.41, 5.74) is 1.57. The molecule has 1 aromatic heterocycles. The molecule has 3 unspecified atom stereocenters. The number of pyridine rings is 1. The number of carboxylic acids is 1. The first kappa shape index (κ1) is 13.5. The van der Waals surface area contributed by atoms with E-state index in [0.717, 1.165) is 5.56 Å². The predicted octanol–water partition coefficient (Wildman–Crippen LogP) is 2.08. The number of amides is 1. The van der Waals surface area contributed by atoms with Gasteiger partial charge in [0.25, 0.3) is 0 Å². The first-order valence-electron chi connectivity index (χ1n) is 6.43. The van der Waals surface area contributed by atoms with Crippen LogP contribution in [0.2, 0.25) is 0 Å². The Morgan fingerprint density at radius 3 is 2.68 bits per heavy atom. The van der Waals surface area contributed by atoms with Crippen LogP contribution in [0.3, 0.4) is 0 Å². The molecule has 0 radical (unpaired) electrons. The number of carboxylic acid groups (broad SMARTS) is 1. The maximum atomic E-state index is 12.2. The number of rotatable bonds is 3. The minimum Gasteiger partial charge on any atom is -0.481 e. The Kier molecular flexibility index (Phi) is 3.83. The van der Waals surface area contributed by atoms with Crippen LogP contribution in [-0.4, -0.2) is 22.0 Å². The third-order valence-corrected chi connectivity index (χ3v) is 3.73. The van der Waals surface area contributed by atoms with Gasteiger partial charge in [0.2, 0.25) is 5.91 Å². The smallest absolute Gasteiger partial charge is 0.307 e. The molecular weight excluding hydrogens is 244 g/mol. The zero-order valence-corrected chi connectivity index (χ0v) is 11.1. The second-order valence-electron chi connectivity index (χ2n) is 5.31. The summed E-state index contributed by atoms with van der Waals surface area (Å²) < 4.78 is 0. The SMILES string of the molecule is Cc1cnccc1NC(=O)C1CC(C)CC1C(=O)O. The summed E-state index contributed by atoms with van der Waals surface area (Å²) in [4.78, 5) is 27.4. The number of nitrogens with one attached hydrogen (secondary N) is 1. The lowest BCUT2D eigenvalue weighted by Gasteiger charge is -2.16. The molecule has 0 spiro atoms. The van der Waals surface area contributed by atoms with Crippen molar-refractivity contribution in [3.05, 3.63) is 24.0 Å². The molecule has 1 saturated carbocycles. The number of aromatic nitrogens is 1. The first-order chi connectivity index (χ1) is 8.99.